The Hall–Kier alpha value is -1.32. The van der Waals surface area contributed by atoms with Crippen molar-refractivity contribution in [1.29, 1.82) is 0 Å². The lowest BCUT2D eigenvalue weighted by molar-refractivity contribution is -0.105. The van der Waals surface area contributed by atoms with Gasteiger partial charge in [0.2, 0.25) is 0 Å². The summed E-state index contributed by atoms with van der Waals surface area (Å²) >= 11 is 0. The number of para-hydroxylation sites is 1. The largest absolute Gasteiger partial charge is 0.508 e. The maximum atomic E-state index is 9.51. The van der Waals surface area contributed by atoms with Gasteiger partial charge >= 0.3 is 20.8 Å². The molecule has 0 saturated heterocycles. The summed E-state index contributed by atoms with van der Waals surface area (Å²) in [5.41, 5.74) is 0. The van der Waals surface area contributed by atoms with Crippen LogP contribution >= 0.6 is 0 Å². The zero-order valence-corrected chi connectivity index (χ0v) is 11.0. The Bertz CT molecular complexity index is 495. The summed E-state index contributed by atoms with van der Waals surface area (Å²) < 4.78 is 58.9. The van der Waals surface area contributed by atoms with Crippen LogP contribution in [0.4, 0.5) is 0 Å². The van der Waals surface area contributed by atoms with E-state index in [1.165, 1.54) is 0 Å². The molecule has 0 atom stereocenters. The molecule has 0 aliphatic heterocycles. The van der Waals surface area contributed by atoms with E-state index < -0.39 is 20.8 Å². The van der Waals surface area contributed by atoms with E-state index in [1.807, 2.05) is 6.07 Å². The van der Waals surface area contributed by atoms with Crippen molar-refractivity contribution < 1.29 is 39.7 Å². The predicted octanol–water partition coefficient (Wildman–Crippen LogP) is 0.256. The van der Waals surface area contributed by atoms with Gasteiger partial charge in [0, 0.05) is 0 Å². The first kappa shape index (κ1) is 22.8. The minimum absolute atomic E-state index is 0. The van der Waals surface area contributed by atoms with Gasteiger partial charge in [-0.1, -0.05) is 26.9 Å². The second-order valence-corrected chi connectivity index (χ2v) is 4.31. The molecular formula is C6H14N2O9S2. The highest BCUT2D eigenvalue weighted by Gasteiger charge is 2.13. The van der Waals surface area contributed by atoms with Gasteiger partial charge in [-0.2, -0.15) is 16.8 Å². The van der Waals surface area contributed by atoms with Crippen LogP contribution in [-0.2, 0) is 29.5 Å². The van der Waals surface area contributed by atoms with Gasteiger partial charge < -0.3 is 17.4 Å². The van der Waals surface area contributed by atoms with Crippen molar-refractivity contribution in [3.63, 3.8) is 0 Å². The number of hydrogen-bond acceptors (Lipinski definition) is 9. The molecule has 0 bridgehead atoms. The van der Waals surface area contributed by atoms with Gasteiger partial charge in [0.25, 0.3) is 0 Å². The van der Waals surface area contributed by atoms with Gasteiger partial charge in [0.15, 0.2) is 0 Å². The summed E-state index contributed by atoms with van der Waals surface area (Å²) in [7, 11) is -10.0. The third-order valence-corrected chi connectivity index (χ3v) is 1.52. The molecular weight excluding hydrogens is 308 g/mol. The Morgan fingerprint density at radius 1 is 0.789 bits per heavy atom. The topological polar surface area (TPSA) is 217 Å². The maximum absolute atomic E-state index is 9.51. The Kier molecular flexibility index (Phi) is 11.5. The van der Waals surface area contributed by atoms with Crippen molar-refractivity contribution in [3.05, 3.63) is 30.3 Å². The highest BCUT2D eigenvalue weighted by molar-refractivity contribution is 7.83. The summed E-state index contributed by atoms with van der Waals surface area (Å²) in [6.45, 7) is 0. The Labute approximate surface area is 109 Å². The van der Waals surface area contributed by atoms with E-state index >= 15 is 0 Å². The standard InChI is InChI=1S/C6H6O.2H3N.H2O8S2/c7-6-4-2-1-3-5-6;;;1-9(2,3)7-8-10(4,5)6/h1-5,7H;2*1H3;(H,1,2,3)(H,4,5,6). The Morgan fingerprint density at radius 3 is 1.26 bits per heavy atom. The van der Waals surface area contributed by atoms with E-state index in [4.69, 9.17) is 14.2 Å². The molecule has 0 amide bonds. The number of benzene rings is 1. The normalized spacial score (nSPS) is 10.2. The number of hydrogen-bond donors (Lipinski definition) is 5. The van der Waals surface area contributed by atoms with Crippen molar-refractivity contribution >= 4 is 20.8 Å². The fourth-order valence-electron chi connectivity index (χ4n) is 0.498. The van der Waals surface area contributed by atoms with Gasteiger partial charge in [0.05, 0.1) is 0 Å². The average Bonchev–Trinajstić information content (AvgIpc) is 2.15. The lowest BCUT2D eigenvalue weighted by atomic mass is 10.3. The molecule has 11 nitrogen and oxygen atoms in total. The van der Waals surface area contributed by atoms with E-state index in [2.05, 4.69) is 8.67 Å². The summed E-state index contributed by atoms with van der Waals surface area (Å²) in [5, 5.41) is 8.63. The van der Waals surface area contributed by atoms with Crippen molar-refractivity contribution in [1.82, 2.24) is 12.3 Å². The van der Waals surface area contributed by atoms with E-state index in [0.717, 1.165) is 0 Å². The van der Waals surface area contributed by atoms with E-state index in [1.54, 1.807) is 24.3 Å². The van der Waals surface area contributed by atoms with Crippen LogP contribution in [0.5, 0.6) is 5.75 Å². The highest BCUT2D eigenvalue weighted by Crippen LogP contribution is 2.02. The van der Waals surface area contributed by atoms with Crippen LogP contribution in [0.25, 0.3) is 0 Å². The molecule has 9 N–H and O–H groups in total. The van der Waals surface area contributed by atoms with Crippen LogP contribution in [0.3, 0.4) is 0 Å². The van der Waals surface area contributed by atoms with Gasteiger partial charge in [0.1, 0.15) is 5.75 Å². The number of phenols is 1. The molecule has 114 valence electrons. The van der Waals surface area contributed by atoms with E-state index in [-0.39, 0.29) is 12.3 Å². The van der Waals surface area contributed by atoms with Crippen LogP contribution in [0, 0.1) is 0 Å². The van der Waals surface area contributed by atoms with Crippen molar-refractivity contribution in [2.24, 2.45) is 0 Å². The molecule has 0 aromatic heterocycles. The molecule has 1 aromatic rings. The van der Waals surface area contributed by atoms with Crippen LogP contribution in [-0.4, -0.2) is 31.0 Å². The first-order chi connectivity index (χ1) is 7.60. The lowest BCUT2D eigenvalue weighted by Crippen LogP contribution is -2.10. The maximum Gasteiger partial charge on any atom is 0.425 e. The zero-order chi connectivity index (χ0) is 13.5. The second kappa shape index (κ2) is 9.59. The van der Waals surface area contributed by atoms with Crippen molar-refractivity contribution in [2.75, 3.05) is 0 Å². The monoisotopic (exact) mass is 322 g/mol. The molecule has 0 heterocycles. The fraction of sp³-hybridized carbons (Fsp3) is 0. The molecule has 0 saturated carbocycles. The van der Waals surface area contributed by atoms with Gasteiger partial charge in [-0.3, -0.25) is 9.11 Å². The first-order valence-corrected chi connectivity index (χ1v) is 6.40. The molecule has 0 aliphatic rings. The number of aromatic hydroxyl groups is 1. The molecule has 0 spiro atoms. The molecule has 0 aliphatic carbocycles. The zero-order valence-electron chi connectivity index (χ0n) is 9.41. The SMILES string of the molecule is N.N.O=S(=O)(O)OOS(=O)(=O)O.Oc1ccccc1. The fourth-order valence-corrected chi connectivity index (χ4v) is 1.06. The lowest BCUT2D eigenvalue weighted by Gasteiger charge is -1.92. The Morgan fingerprint density at radius 2 is 1.11 bits per heavy atom. The smallest absolute Gasteiger partial charge is 0.425 e. The third kappa shape index (κ3) is 19.2. The van der Waals surface area contributed by atoms with Gasteiger partial charge in [-0.25, -0.2) is 0 Å². The Balaban J connectivity index is -0.000000253. The number of rotatable bonds is 3. The van der Waals surface area contributed by atoms with Crippen LogP contribution < -0.4 is 12.3 Å². The van der Waals surface area contributed by atoms with Crippen LogP contribution in [0.15, 0.2) is 30.3 Å². The molecule has 0 unspecified atom stereocenters. The average molecular weight is 322 g/mol. The summed E-state index contributed by atoms with van der Waals surface area (Å²) in [6.07, 6.45) is 0. The van der Waals surface area contributed by atoms with E-state index in [9.17, 15) is 16.8 Å². The molecule has 0 radical (unpaired) electrons. The molecule has 1 rings (SSSR count). The number of phenolic OH excluding ortho intramolecular Hbond substituents is 1. The second-order valence-electron chi connectivity index (χ2n) is 2.33. The quantitative estimate of drug-likeness (QED) is 0.288. The van der Waals surface area contributed by atoms with Crippen molar-refractivity contribution in [2.45, 2.75) is 0 Å². The van der Waals surface area contributed by atoms with E-state index in [0.29, 0.717) is 5.75 Å². The predicted molar refractivity (Wildman–Crippen MR) is 63.4 cm³/mol. The first-order valence-electron chi connectivity index (χ1n) is 3.67. The van der Waals surface area contributed by atoms with Gasteiger partial charge in [-0.15, -0.1) is 0 Å². The summed E-state index contributed by atoms with van der Waals surface area (Å²) in [5.74, 6) is 0.322. The molecule has 0 fully saturated rings. The summed E-state index contributed by atoms with van der Waals surface area (Å²) in [4.78, 5) is 0. The van der Waals surface area contributed by atoms with Crippen LogP contribution in [0.1, 0.15) is 0 Å². The van der Waals surface area contributed by atoms with Crippen LogP contribution in [0.2, 0.25) is 0 Å². The summed E-state index contributed by atoms with van der Waals surface area (Å²) in [6, 6.07) is 8.71. The van der Waals surface area contributed by atoms with Gasteiger partial charge in [-0.05, 0) is 12.1 Å². The minimum atomic E-state index is -5.02. The minimum Gasteiger partial charge on any atom is -0.508 e. The van der Waals surface area contributed by atoms with Crippen molar-refractivity contribution in [3.8, 4) is 5.75 Å². The highest BCUT2D eigenvalue weighted by atomic mass is 32.3. The molecule has 1 aromatic carbocycles. The molecule has 13 heteroatoms. The molecule has 19 heavy (non-hydrogen) atoms. The third-order valence-electron chi connectivity index (χ3n) is 0.956.